The molecule has 0 saturated carbocycles. The normalized spacial score (nSPS) is 27.0. The minimum absolute atomic E-state index is 0.0439. The van der Waals surface area contributed by atoms with Gasteiger partial charge in [0.2, 0.25) is 0 Å². The molecule has 2 saturated heterocycles. The number of rotatable bonds is 3. The van der Waals surface area contributed by atoms with E-state index in [4.69, 9.17) is 9.47 Å². The molecule has 3 rings (SSSR count). The van der Waals surface area contributed by atoms with Gasteiger partial charge in [-0.2, -0.15) is 0 Å². The molecule has 4 nitrogen and oxygen atoms in total. The number of carbonyl (C=O) groups is 1. The minimum atomic E-state index is -0.0546. The van der Waals surface area contributed by atoms with Crippen molar-refractivity contribution in [3.05, 3.63) is 29.3 Å². The number of hydrogen-bond acceptors (Lipinski definition) is 4. The first-order valence-corrected chi connectivity index (χ1v) is 8.21. The summed E-state index contributed by atoms with van der Waals surface area (Å²) in [6, 6.07) is 6.22. The van der Waals surface area contributed by atoms with Crippen molar-refractivity contribution in [2.45, 2.75) is 58.3 Å². The lowest BCUT2D eigenvalue weighted by Gasteiger charge is -2.34. The van der Waals surface area contributed by atoms with Crippen LogP contribution in [0.5, 0.6) is 5.75 Å². The van der Waals surface area contributed by atoms with Crippen molar-refractivity contribution in [1.29, 1.82) is 0 Å². The van der Waals surface area contributed by atoms with E-state index >= 15 is 0 Å². The van der Waals surface area contributed by atoms with Crippen LogP contribution in [-0.4, -0.2) is 42.2 Å². The van der Waals surface area contributed by atoms with E-state index in [2.05, 4.69) is 30.9 Å². The number of cyclic esters (lactones) is 1. The van der Waals surface area contributed by atoms with Gasteiger partial charge in [-0.1, -0.05) is 6.07 Å². The first kappa shape index (κ1) is 15.3. The highest BCUT2D eigenvalue weighted by Crippen LogP contribution is 2.26. The SMILES string of the molecule is Cc1ccc(OC2CCN([C@H]3C[C@@H](C)OC3=O)CC2)cc1C. The van der Waals surface area contributed by atoms with Crippen LogP contribution < -0.4 is 4.74 Å². The summed E-state index contributed by atoms with van der Waals surface area (Å²) in [6.07, 6.45) is 3.05. The van der Waals surface area contributed by atoms with Crippen molar-refractivity contribution in [1.82, 2.24) is 4.90 Å². The standard InChI is InChI=1S/C18H25NO3/c1-12-4-5-16(10-13(12)2)22-15-6-8-19(9-7-15)17-11-14(3)21-18(17)20/h4-5,10,14-15,17H,6-9,11H2,1-3H3/t14-,17+/m1/s1. The Morgan fingerprint density at radius 2 is 1.91 bits per heavy atom. The van der Waals surface area contributed by atoms with Crippen LogP contribution >= 0.6 is 0 Å². The van der Waals surface area contributed by atoms with Crippen LogP contribution in [0.2, 0.25) is 0 Å². The van der Waals surface area contributed by atoms with Crippen LogP contribution in [0, 0.1) is 13.8 Å². The summed E-state index contributed by atoms with van der Waals surface area (Å²) < 4.78 is 11.4. The van der Waals surface area contributed by atoms with E-state index in [-0.39, 0.29) is 24.2 Å². The number of esters is 1. The minimum Gasteiger partial charge on any atom is -0.490 e. The van der Waals surface area contributed by atoms with Crippen LogP contribution in [0.4, 0.5) is 0 Å². The number of carbonyl (C=O) groups excluding carboxylic acids is 1. The Balaban J connectivity index is 1.53. The van der Waals surface area contributed by atoms with Crippen LogP contribution in [0.1, 0.15) is 37.3 Å². The molecule has 2 fully saturated rings. The Morgan fingerprint density at radius 3 is 2.50 bits per heavy atom. The zero-order valence-electron chi connectivity index (χ0n) is 13.7. The quantitative estimate of drug-likeness (QED) is 0.805. The molecule has 0 unspecified atom stereocenters. The van der Waals surface area contributed by atoms with E-state index in [1.807, 2.05) is 13.0 Å². The second kappa shape index (κ2) is 6.29. The van der Waals surface area contributed by atoms with Gasteiger partial charge in [-0.3, -0.25) is 9.69 Å². The Bertz CT molecular complexity index is 549. The predicted molar refractivity (Wildman–Crippen MR) is 85.1 cm³/mol. The molecule has 1 aromatic rings. The van der Waals surface area contributed by atoms with Gasteiger partial charge in [0.1, 0.15) is 24.0 Å². The molecule has 22 heavy (non-hydrogen) atoms. The molecule has 0 aromatic heterocycles. The molecule has 0 amide bonds. The van der Waals surface area contributed by atoms with E-state index < -0.39 is 0 Å². The van der Waals surface area contributed by atoms with Gasteiger partial charge in [-0.05, 0) is 56.9 Å². The fourth-order valence-electron chi connectivity index (χ4n) is 3.32. The molecule has 2 heterocycles. The summed E-state index contributed by atoms with van der Waals surface area (Å²) in [5, 5.41) is 0. The Kier molecular flexibility index (Phi) is 4.39. The molecule has 1 aromatic carbocycles. The maximum Gasteiger partial charge on any atom is 0.323 e. The molecule has 0 radical (unpaired) electrons. The van der Waals surface area contributed by atoms with Gasteiger partial charge in [-0.25, -0.2) is 0 Å². The van der Waals surface area contributed by atoms with Gasteiger partial charge < -0.3 is 9.47 Å². The highest BCUT2D eigenvalue weighted by atomic mass is 16.6. The summed E-state index contributed by atoms with van der Waals surface area (Å²) in [5.41, 5.74) is 2.55. The zero-order chi connectivity index (χ0) is 15.7. The molecule has 0 bridgehead atoms. The Labute approximate surface area is 132 Å². The first-order chi connectivity index (χ1) is 10.5. The smallest absolute Gasteiger partial charge is 0.323 e. The third-order valence-electron chi connectivity index (χ3n) is 4.84. The monoisotopic (exact) mass is 303 g/mol. The van der Waals surface area contributed by atoms with Gasteiger partial charge in [-0.15, -0.1) is 0 Å². The van der Waals surface area contributed by atoms with Crippen LogP contribution in [-0.2, 0) is 9.53 Å². The molecule has 0 aliphatic carbocycles. The Morgan fingerprint density at radius 1 is 1.18 bits per heavy atom. The molecular formula is C18H25NO3. The van der Waals surface area contributed by atoms with E-state index in [9.17, 15) is 4.79 Å². The van der Waals surface area contributed by atoms with E-state index in [0.717, 1.165) is 38.1 Å². The van der Waals surface area contributed by atoms with Crippen LogP contribution in [0.3, 0.4) is 0 Å². The number of ether oxygens (including phenoxy) is 2. The highest BCUT2D eigenvalue weighted by Gasteiger charge is 2.38. The molecule has 2 atom stereocenters. The van der Waals surface area contributed by atoms with E-state index in [0.29, 0.717) is 0 Å². The lowest BCUT2D eigenvalue weighted by molar-refractivity contribution is -0.145. The fourth-order valence-corrected chi connectivity index (χ4v) is 3.32. The number of benzene rings is 1. The zero-order valence-corrected chi connectivity index (χ0v) is 13.7. The van der Waals surface area contributed by atoms with Crippen molar-refractivity contribution < 1.29 is 14.3 Å². The average Bonchev–Trinajstić information content (AvgIpc) is 2.83. The molecule has 0 spiro atoms. The van der Waals surface area contributed by atoms with E-state index in [1.54, 1.807) is 0 Å². The van der Waals surface area contributed by atoms with Crippen molar-refractivity contribution >= 4 is 5.97 Å². The summed E-state index contributed by atoms with van der Waals surface area (Å²) in [4.78, 5) is 14.1. The number of piperidine rings is 1. The van der Waals surface area contributed by atoms with E-state index in [1.165, 1.54) is 11.1 Å². The molecule has 4 heteroatoms. The molecule has 120 valence electrons. The van der Waals surface area contributed by atoms with Crippen molar-refractivity contribution in [2.75, 3.05) is 13.1 Å². The molecule has 0 N–H and O–H groups in total. The molecular weight excluding hydrogens is 278 g/mol. The second-order valence-corrected chi connectivity index (χ2v) is 6.60. The van der Waals surface area contributed by atoms with Crippen LogP contribution in [0.15, 0.2) is 18.2 Å². The van der Waals surface area contributed by atoms with Crippen LogP contribution in [0.25, 0.3) is 0 Å². The summed E-state index contributed by atoms with van der Waals surface area (Å²) in [7, 11) is 0. The summed E-state index contributed by atoms with van der Waals surface area (Å²) >= 11 is 0. The van der Waals surface area contributed by atoms with Gasteiger partial charge in [0.15, 0.2) is 0 Å². The Hall–Kier alpha value is -1.55. The predicted octanol–water partition coefficient (Wildman–Crippen LogP) is 2.85. The van der Waals surface area contributed by atoms with Gasteiger partial charge in [0, 0.05) is 19.5 Å². The maximum atomic E-state index is 11.8. The largest absolute Gasteiger partial charge is 0.490 e. The maximum absolute atomic E-state index is 11.8. The number of nitrogens with zero attached hydrogens (tertiary/aromatic N) is 1. The third kappa shape index (κ3) is 3.27. The lowest BCUT2D eigenvalue weighted by atomic mass is 10.0. The average molecular weight is 303 g/mol. The molecule has 2 aliphatic heterocycles. The summed E-state index contributed by atoms with van der Waals surface area (Å²) in [6.45, 7) is 7.99. The topological polar surface area (TPSA) is 38.8 Å². The van der Waals surface area contributed by atoms with Crippen molar-refractivity contribution in [3.8, 4) is 5.75 Å². The molecule has 2 aliphatic rings. The van der Waals surface area contributed by atoms with Crippen molar-refractivity contribution in [3.63, 3.8) is 0 Å². The third-order valence-corrected chi connectivity index (χ3v) is 4.84. The lowest BCUT2D eigenvalue weighted by Crippen LogP contribution is -2.46. The van der Waals surface area contributed by atoms with Gasteiger partial charge in [0.25, 0.3) is 0 Å². The van der Waals surface area contributed by atoms with Gasteiger partial charge in [0.05, 0.1) is 0 Å². The van der Waals surface area contributed by atoms with Gasteiger partial charge >= 0.3 is 5.97 Å². The second-order valence-electron chi connectivity index (χ2n) is 6.60. The summed E-state index contributed by atoms with van der Waals surface area (Å²) in [5.74, 6) is 0.900. The van der Waals surface area contributed by atoms with Crippen molar-refractivity contribution in [2.24, 2.45) is 0 Å². The fraction of sp³-hybridized carbons (Fsp3) is 0.611. The number of aryl methyl sites for hydroxylation is 2. The highest BCUT2D eigenvalue weighted by molar-refractivity contribution is 5.78. The number of hydrogen-bond donors (Lipinski definition) is 0. The number of likely N-dealkylation sites (tertiary alicyclic amines) is 1. The first-order valence-electron chi connectivity index (χ1n) is 8.21.